The Hall–Kier alpha value is -2.19. The maximum absolute atomic E-state index is 12.3. The summed E-state index contributed by atoms with van der Waals surface area (Å²) in [4.78, 5) is 26.8. The molecule has 0 radical (unpaired) electrons. The lowest BCUT2D eigenvalue weighted by molar-refractivity contribution is -0.155. The highest BCUT2D eigenvalue weighted by Crippen LogP contribution is 2.20. The quantitative estimate of drug-likeness (QED) is 0.211. The molecule has 0 heterocycles. The molecule has 0 aromatic carbocycles. The van der Waals surface area contributed by atoms with Crippen LogP contribution >= 0.6 is 0 Å². The number of unbranched alkanes of at least 4 members (excludes halogenated alkanes) is 1. The first-order valence-corrected chi connectivity index (χ1v) is 7.11. The fourth-order valence-electron chi connectivity index (χ4n) is 1.52. The molecule has 1 atom stereocenters. The lowest BCUT2D eigenvalue weighted by Gasteiger charge is -2.31. The van der Waals surface area contributed by atoms with Gasteiger partial charge in [-0.3, -0.25) is 4.79 Å². The van der Waals surface area contributed by atoms with Crippen LogP contribution in [0.25, 0.3) is 10.4 Å². The zero-order chi connectivity index (χ0) is 17.4. The summed E-state index contributed by atoms with van der Waals surface area (Å²) in [5.74, 6) is 3.62. The first-order chi connectivity index (χ1) is 10.0. The monoisotopic (exact) mass is 308 g/mol. The molecule has 122 valence electrons. The van der Waals surface area contributed by atoms with E-state index in [1.807, 2.05) is 6.92 Å². The molecule has 0 aliphatic heterocycles. The summed E-state index contributed by atoms with van der Waals surface area (Å²) < 4.78 is 5.13. The standard InChI is InChI=1S/C15H24N4O3/c1-7-8-9-10-11(20)22-12(15(5,6)18-19-16)13(21)17-14(2,3)4/h12H,7-8H2,1-6H3,(H,17,21). The zero-order valence-corrected chi connectivity index (χ0v) is 14.1. The number of ether oxygens (including phenoxy) is 1. The van der Waals surface area contributed by atoms with Gasteiger partial charge in [-0.15, -0.1) is 0 Å². The van der Waals surface area contributed by atoms with E-state index in [1.165, 1.54) is 13.8 Å². The summed E-state index contributed by atoms with van der Waals surface area (Å²) in [6.07, 6.45) is 0.123. The Morgan fingerprint density at radius 2 is 1.91 bits per heavy atom. The molecule has 0 fully saturated rings. The third-order valence-corrected chi connectivity index (χ3v) is 2.47. The van der Waals surface area contributed by atoms with E-state index >= 15 is 0 Å². The van der Waals surface area contributed by atoms with Gasteiger partial charge in [-0.1, -0.05) is 31.8 Å². The summed E-state index contributed by atoms with van der Waals surface area (Å²) in [7, 11) is 0. The second-order valence-electron chi connectivity index (χ2n) is 6.42. The minimum Gasteiger partial charge on any atom is -0.442 e. The highest BCUT2D eigenvalue weighted by Gasteiger charge is 2.39. The Morgan fingerprint density at radius 3 is 2.36 bits per heavy atom. The predicted molar refractivity (Wildman–Crippen MR) is 83.7 cm³/mol. The minimum atomic E-state index is -1.26. The number of nitrogens with one attached hydrogen (secondary N) is 1. The van der Waals surface area contributed by atoms with Crippen molar-refractivity contribution in [3.05, 3.63) is 10.4 Å². The van der Waals surface area contributed by atoms with Gasteiger partial charge in [0.2, 0.25) is 0 Å². The van der Waals surface area contributed by atoms with Crippen LogP contribution in [0.2, 0.25) is 0 Å². The molecule has 0 aromatic heterocycles. The van der Waals surface area contributed by atoms with E-state index in [-0.39, 0.29) is 0 Å². The third-order valence-electron chi connectivity index (χ3n) is 2.47. The van der Waals surface area contributed by atoms with Gasteiger partial charge in [-0.25, -0.2) is 4.79 Å². The second-order valence-corrected chi connectivity index (χ2v) is 6.42. The molecule has 0 saturated heterocycles. The molecule has 7 heteroatoms. The van der Waals surface area contributed by atoms with Crippen LogP contribution in [0.5, 0.6) is 0 Å². The van der Waals surface area contributed by atoms with Gasteiger partial charge in [-0.05, 0) is 32.7 Å². The van der Waals surface area contributed by atoms with Crippen LogP contribution < -0.4 is 5.32 Å². The molecule has 0 aliphatic carbocycles. The lowest BCUT2D eigenvalue weighted by Crippen LogP contribution is -2.54. The molecule has 22 heavy (non-hydrogen) atoms. The normalized spacial score (nSPS) is 12.3. The first-order valence-electron chi connectivity index (χ1n) is 7.11. The Morgan fingerprint density at radius 1 is 1.32 bits per heavy atom. The van der Waals surface area contributed by atoms with Gasteiger partial charge in [0.25, 0.3) is 5.91 Å². The van der Waals surface area contributed by atoms with Crippen molar-refractivity contribution in [2.24, 2.45) is 5.11 Å². The molecule has 0 bridgehead atoms. The number of amides is 1. The smallest absolute Gasteiger partial charge is 0.385 e. The molecule has 1 amide bonds. The van der Waals surface area contributed by atoms with E-state index in [0.29, 0.717) is 6.42 Å². The van der Waals surface area contributed by atoms with Gasteiger partial charge < -0.3 is 10.1 Å². The average Bonchev–Trinajstić information content (AvgIpc) is 2.33. The molecule has 0 aromatic rings. The maximum atomic E-state index is 12.3. The van der Waals surface area contributed by atoms with Gasteiger partial charge in [0.1, 0.15) is 0 Å². The number of azide groups is 1. The largest absolute Gasteiger partial charge is 0.442 e. The van der Waals surface area contributed by atoms with Crippen LogP contribution in [0, 0.1) is 11.8 Å². The SMILES string of the molecule is CCCC#CC(=O)OC(C(=O)NC(C)(C)C)C(C)(C)N=[N+]=[N-]. The minimum absolute atomic E-state index is 0.512. The Balaban J connectivity index is 5.28. The van der Waals surface area contributed by atoms with Crippen molar-refractivity contribution in [3.8, 4) is 11.8 Å². The van der Waals surface area contributed by atoms with E-state index < -0.39 is 29.1 Å². The molecular weight excluding hydrogens is 284 g/mol. The van der Waals surface area contributed by atoms with Crippen molar-refractivity contribution in [3.63, 3.8) is 0 Å². The number of carbonyl (C=O) groups excluding carboxylic acids is 2. The van der Waals surface area contributed by atoms with Crippen molar-refractivity contribution >= 4 is 11.9 Å². The number of rotatable bonds is 5. The summed E-state index contributed by atoms with van der Waals surface area (Å²) in [5, 5.41) is 6.26. The summed E-state index contributed by atoms with van der Waals surface area (Å²) >= 11 is 0. The fourth-order valence-corrected chi connectivity index (χ4v) is 1.52. The van der Waals surface area contributed by atoms with E-state index in [4.69, 9.17) is 10.3 Å². The maximum Gasteiger partial charge on any atom is 0.385 e. The topological polar surface area (TPSA) is 104 Å². The number of esters is 1. The number of hydrogen-bond acceptors (Lipinski definition) is 4. The van der Waals surface area contributed by atoms with Crippen LogP contribution in [-0.2, 0) is 14.3 Å². The zero-order valence-electron chi connectivity index (χ0n) is 14.1. The highest BCUT2D eigenvalue weighted by atomic mass is 16.5. The van der Waals surface area contributed by atoms with Crippen molar-refractivity contribution in [2.75, 3.05) is 0 Å². The molecule has 0 spiro atoms. The highest BCUT2D eigenvalue weighted by molar-refractivity contribution is 5.92. The Labute approximate surface area is 131 Å². The van der Waals surface area contributed by atoms with Crippen LogP contribution in [-0.4, -0.2) is 29.1 Å². The van der Waals surface area contributed by atoms with Gasteiger partial charge >= 0.3 is 5.97 Å². The van der Waals surface area contributed by atoms with E-state index in [1.54, 1.807) is 20.8 Å². The van der Waals surface area contributed by atoms with Crippen LogP contribution in [0.15, 0.2) is 5.11 Å². The van der Waals surface area contributed by atoms with Crippen molar-refractivity contribution in [1.82, 2.24) is 5.32 Å². The Bertz CT molecular complexity index is 517. The van der Waals surface area contributed by atoms with Crippen LogP contribution in [0.1, 0.15) is 54.4 Å². The third kappa shape index (κ3) is 7.55. The van der Waals surface area contributed by atoms with Crippen LogP contribution in [0.4, 0.5) is 0 Å². The van der Waals surface area contributed by atoms with Gasteiger partial charge in [-0.2, -0.15) is 0 Å². The Kier molecular flexibility index (Phi) is 7.47. The summed E-state index contributed by atoms with van der Waals surface area (Å²) in [6, 6.07) is 0. The molecule has 1 unspecified atom stereocenters. The lowest BCUT2D eigenvalue weighted by atomic mass is 9.96. The first kappa shape index (κ1) is 19.8. The van der Waals surface area contributed by atoms with Crippen molar-refractivity contribution in [1.29, 1.82) is 0 Å². The predicted octanol–water partition coefficient (Wildman–Crippen LogP) is 2.71. The van der Waals surface area contributed by atoms with Gasteiger partial charge in [0, 0.05) is 22.8 Å². The summed E-state index contributed by atoms with van der Waals surface area (Å²) in [6.45, 7) is 10.4. The number of hydrogen-bond donors (Lipinski definition) is 1. The second kappa shape index (κ2) is 8.30. The number of carbonyl (C=O) groups is 2. The molecule has 0 rings (SSSR count). The van der Waals surface area contributed by atoms with E-state index in [0.717, 1.165) is 6.42 Å². The summed E-state index contributed by atoms with van der Waals surface area (Å²) in [5.41, 5.74) is 6.89. The molecular formula is C15H24N4O3. The van der Waals surface area contributed by atoms with E-state index in [2.05, 4.69) is 27.2 Å². The fraction of sp³-hybridized carbons (Fsp3) is 0.733. The van der Waals surface area contributed by atoms with Crippen molar-refractivity contribution in [2.45, 2.75) is 71.6 Å². The molecule has 0 aliphatic rings. The van der Waals surface area contributed by atoms with Gasteiger partial charge in [0.15, 0.2) is 6.10 Å². The van der Waals surface area contributed by atoms with E-state index in [9.17, 15) is 9.59 Å². The van der Waals surface area contributed by atoms with Crippen molar-refractivity contribution < 1.29 is 14.3 Å². The average molecular weight is 308 g/mol. The molecule has 0 saturated carbocycles. The van der Waals surface area contributed by atoms with Crippen LogP contribution in [0.3, 0.4) is 0 Å². The molecule has 1 N–H and O–H groups in total. The molecule has 7 nitrogen and oxygen atoms in total. The number of nitrogens with zero attached hydrogens (tertiary/aromatic N) is 3. The van der Waals surface area contributed by atoms with Gasteiger partial charge in [0.05, 0.1) is 5.54 Å².